The van der Waals surface area contributed by atoms with E-state index in [1.807, 2.05) is 46.9 Å². The van der Waals surface area contributed by atoms with Crippen molar-refractivity contribution in [1.29, 1.82) is 0 Å². The number of fused-ring (bicyclic) bond motifs is 2. The number of carbonyl (C=O) groups is 4. The minimum Gasteiger partial charge on any atom is -0.495 e. The average Bonchev–Trinajstić information content (AvgIpc) is 3.80. The van der Waals surface area contributed by atoms with Crippen molar-refractivity contribution in [2.45, 2.75) is 116 Å². The molecule has 14 nitrogen and oxygen atoms in total. The second-order valence-corrected chi connectivity index (χ2v) is 18.3. The van der Waals surface area contributed by atoms with Crippen LogP contribution in [-0.2, 0) is 19.1 Å². The largest absolute Gasteiger partial charge is 0.495 e. The van der Waals surface area contributed by atoms with E-state index in [0.29, 0.717) is 58.5 Å². The van der Waals surface area contributed by atoms with Gasteiger partial charge in [-0.15, -0.1) is 11.3 Å². The van der Waals surface area contributed by atoms with Gasteiger partial charge in [-0.2, -0.15) is 0 Å². The smallest absolute Gasteiger partial charge is 0.408 e. The van der Waals surface area contributed by atoms with Gasteiger partial charge in [-0.25, -0.2) is 19.6 Å². The lowest BCUT2D eigenvalue weighted by molar-refractivity contribution is -0.146. The molecule has 56 heavy (non-hydrogen) atoms. The highest BCUT2D eigenvalue weighted by atomic mass is 35.5. The predicted molar refractivity (Wildman–Crippen MR) is 212 cm³/mol. The Kier molecular flexibility index (Phi) is 10.8. The van der Waals surface area contributed by atoms with Crippen LogP contribution < -0.4 is 25.4 Å². The highest BCUT2D eigenvalue weighted by molar-refractivity contribution is 7.14. The number of aliphatic carboxylic acids is 1. The SMILES string of the molecule is CCC1C[C@]1(NC(=O)[C@@H]1C[C@@H](Oc2cc(-c3csc(NC(C)C)n3)nc3c(Cl)c(OC)ccc23)CN1C(=O)[C@@H](NC(=O)OC1CC2CC2C1)C(C)(C)C)C(=O)O. The number of thiazole rings is 1. The first-order valence-electron chi connectivity index (χ1n) is 19.4. The van der Waals surface area contributed by atoms with Crippen LogP contribution in [0.2, 0.25) is 5.02 Å². The quantitative estimate of drug-likeness (QED) is 0.148. The molecule has 3 heterocycles. The summed E-state index contributed by atoms with van der Waals surface area (Å²) in [6.45, 7) is 11.4. The molecule has 302 valence electrons. The monoisotopic (exact) mass is 810 g/mol. The Balaban J connectivity index is 1.20. The Morgan fingerprint density at radius 1 is 1.05 bits per heavy atom. The molecule has 0 bridgehead atoms. The van der Waals surface area contributed by atoms with Crippen LogP contribution in [-0.4, -0.2) is 93.4 Å². The molecule has 2 aromatic heterocycles. The fraction of sp³-hybridized carbons (Fsp3) is 0.600. The third kappa shape index (κ3) is 7.93. The van der Waals surface area contributed by atoms with Gasteiger partial charge in [0.2, 0.25) is 11.8 Å². The molecule has 3 saturated carbocycles. The van der Waals surface area contributed by atoms with Gasteiger partial charge in [-0.05, 0) is 74.8 Å². The first kappa shape index (κ1) is 39.8. The summed E-state index contributed by atoms with van der Waals surface area (Å²) in [7, 11) is 1.52. The van der Waals surface area contributed by atoms with E-state index in [0.717, 1.165) is 18.0 Å². The second-order valence-electron chi connectivity index (χ2n) is 17.1. The molecule has 7 rings (SSSR count). The van der Waals surface area contributed by atoms with E-state index in [4.69, 9.17) is 35.8 Å². The fourth-order valence-corrected chi connectivity index (χ4v) is 9.46. The van der Waals surface area contributed by atoms with Gasteiger partial charge < -0.3 is 40.2 Å². The molecule has 1 saturated heterocycles. The average molecular weight is 811 g/mol. The number of ether oxygens (including phenoxy) is 3. The number of rotatable bonds is 13. The molecular formula is C40H51ClN6O8S. The number of hydrogen-bond acceptors (Lipinski definition) is 11. The third-order valence-electron chi connectivity index (χ3n) is 11.6. The topological polar surface area (TPSA) is 181 Å². The number of carbonyl (C=O) groups excluding carboxylic acids is 3. The van der Waals surface area contributed by atoms with E-state index >= 15 is 0 Å². The molecule has 0 radical (unpaired) electrons. The van der Waals surface area contributed by atoms with Crippen molar-refractivity contribution in [2.75, 3.05) is 19.0 Å². The van der Waals surface area contributed by atoms with Gasteiger partial charge in [0.25, 0.3) is 0 Å². The Labute approximate surface area is 335 Å². The second kappa shape index (κ2) is 15.2. The number of hydrogen-bond donors (Lipinski definition) is 4. The Bertz CT molecular complexity index is 2030. The summed E-state index contributed by atoms with van der Waals surface area (Å²) in [5.41, 5.74) is -0.672. The van der Waals surface area contributed by atoms with Gasteiger partial charge in [-0.3, -0.25) is 9.59 Å². The van der Waals surface area contributed by atoms with E-state index in [1.54, 1.807) is 18.2 Å². The molecule has 4 N–H and O–H groups in total. The molecule has 3 aromatic rings. The van der Waals surface area contributed by atoms with Crippen LogP contribution in [0, 0.1) is 23.2 Å². The molecule has 3 aliphatic carbocycles. The fourth-order valence-electron chi connectivity index (χ4n) is 8.32. The number of amides is 3. The van der Waals surface area contributed by atoms with Gasteiger partial charge in [-0.1, -0.05) is 45.7 Å². The zero-order valence-corrected chi connectivity index (χ0v) is 34.4. The van der Waals surface area contributed by atoms with E-state index in [1.165, 1.54) is 29.8 Å². The highest BCUT2D eigenvalue weighted by Crippen LogP contribution is 2.52. The number of benzene rings is 1. The first-order valence-corrected chi connectivity index (χ1v) is 20.7. The summed E-state index contributed by atoms with van der Waals surface area (Å²) in [5, 5.41) is 22.6. The lowest BCUT2D eigenvalue weighted by Gasteiger charge is -2.35. The first-order chi connectivity index (χ1) is 26.5. The summed E-state index contributed by atoms with van der Waals surface area (Å²) in [4.78, 5) is 65.5. The van der Waals surface area contributed by atoms with Crippen molar-refractivity contribution in [3.8, 4) is 22.9 Å². The van der Waals surface area contributed by atoms with Crippen LogP contribution in [0.4, 0.5) is 9.93 Å². The number of likely N-dealkylation sites (tertiary alicyclic amines) is 1. The molecule has 4 fully saturated rings. The number of nitrogens with zero attached hydrogens (tertiary/aromatic N) is 3. The summed E-state index contributed by atoms with van der Waals surface area (Å²) in [6, 6.07) is 3.28. The lowest BCUT2D eigenvalue weighted by atomic mass is 9.85. The minimum absolute atomic E-state index is 0.0221. The zero-order chi connectivity index (χ0) is 40.3. The van der Waals surface area contributed by atoms with Gasteiger partial charge >= 0.3 is 12.1 Å². The maximum absolute atomic E-state index is 14.7. The number of anilines is 1. The third-order valence-corrected chi connectivity index (χ3v) is 12.7. The maximum Gasteiger partial charge on any atom is 0.408 e. The number of methoxy groups -OCH3 is 1. The Morgan fingerprint density at radius 2 is 1.79 bits per heavy atom. The van der Waals surface area contributed by atoms with Crippen LogP contribution in [0.5, 0.6) is 11.5 Å². The number of carboxylic acids is 1. The van der Waals surface area contributed by atoms with Crippen molar-refractivity contribution in [3.05, 3.63) is 28.6 Å². The number of alkyl carbamates (subject to hydrolysis) is 1. The van der Waals surface area contributed by atoms with Crippen LogP contribution in [0.1, 0.15) is 80.1 Å². The molecular weight excluding hydrogens is 760 g/mol. The summed E-state index contributed by atoms with van der Waals surface area (Å²) in [5.74, 6) is -0.397. The molecule has 3 unspecified atom stereocenters. The Hall–Kier alpha value is -4.37. The number of aromatic nitrogens is 2. The van der Waals surface area contributed by atoms with Crippen LogP contribution in [0.25, 0.3) is 22.3 Å². The molecule has 4 aliphatic rings. The van der Waals surface area contributed by atoms with Crippen molar-refractivity contribution in [3.63, 3.8) is 0 Å². The van der Waals surface area contributed by atoms with Crippen molar-refractivity contribution in [1.82, 2.24) is 25.5 Å². The summed E-state index contributed by atoms with van der Waals surface area (Å²) >= 11 is 8.26. The molecule has 0 spiro atoms. The molecule has 1 aromatic carbocycles. The van der Waals surface area contributed by atoms with E-state index in [-0.39, 0.29) is 36.1 Å². The van der Waals surface area contributed by atoms with E-state index < -0.39 is 53.0 Å². The standard InChI is InChI=1S/C40H51ClN6O8S/c1-8-22-16-40(22,36(50)51)46-34(48)28-14-24(17-47(28)35(49)33(39(4,5)6)45-38(52)55-23-12-20-11-21(20)13-23)54-30-15-26(27-18-56-37(44-27)42-19(2)3)43-32-25(30)9-10-29(53-7)31(32)41/h9-10,15,18-24,28,33H,8,11-14,16-17H2,1-7H3,(H,42,44)(H,45,52)(H,46,48)(H,50,51)/t20?,21?,22?,23?,24-,28+,33-,40-/m1/s1. The number of carboxylic acid groups (broad SMARTS) is 1. The number of halogens is 1. The van der Waals surface area contributed by atoms with Crippen LogP contribution in [0.15, 0.2) is 23.6 Å². The van der Waals surface area contributed by atoms with Crippen molar-refractivity contribution >= 4 is 62.8 Å². The zero-order valence-electron chi connectivity index (χ0n) is 32.8. The number of nitrogens with one attached hydrogen (secondary N) is 3. The summed E-state index contributed by atoms with van der Waals surface area (Å²) in [6.07, 6.45) is 2.16. The Morgan fingerprint density at radius 3 is 2.41 bits per heavy atom. The molecule has 1 aliphatic heterocycles. The van der Waals surface area contributed by atoms with Gasteiger partial charge in [0.05, 0.1) is 24.9 Å². The van der Waals surface area contributed by atoms with Crippen molar-refractivity contribution < 1.29 is 38.5 Å². The van der Waals surface area contributed by atoms with Gasteiger partial charge in [0.15, 0.2) is 5.13 Å². The van der Waals surface area contributed by atoms with Crippen LogP contribution in [0.3, 0.4) is 0 Å². The van der Waals surface area contributed by atoms with E-state index in [2.05, 4.69) is 16.0 Å². The van der Waals surface area contributed by atoms with Gasteiger partial charge in [0.1, 0.15) is 52.0 Å². The lowest BCUT2D eigenvalue weighted by Crippen LogP contribution is -2.59. The molecule has 3 amide bonds. The van der Waals surface area contributed by atoms with Crippen LogP contribution >= 0.6 is 22.9 Å². The van der Waals surface area contributed by atoms with E-state index in [9.17, 15) is 24.3 Å². The molecule has 7 atom stereocenters. The summed E-state index contributed by atoms with van der Waals surface area (Å²) < 4.78 is 18.0. The maximum atomic E-state index is 14.7. The normalized spacial score (nSPS) is 27.1. The highest BCUT2D eigenvalue weighted by Gasteiger charge is 2.61. The van der Waals surface area contributed by atoms with Crippen molar-refractivity contribution in [2.24, 2.45) is 23.2 Å². The molecule has 16 heteroatoms. The minimum atomic E-state index is -1.41. The number of pyridine rings is 1. The predicted octanol–water partition coefficient (Wildman–Crippen LogP) is 6.50. The van der Waals surface area contributed by atoms with Gasteiger partial charge in [0, 0.05) is 29.3 Å².